The Balaban J connectivity index is 1.04. The number of rotatable bonds is 5. The molecule has 4 aliphatic carbocycles. The fraction of sp³-hybridized carbons (Fsp3) is 0.545. The molecule has 13 heteroatoms. The van der Waals surface area contributed by atoms with Gasteiger partial charge in [0.25, 0.3) is 5.91 Å². The third kappa shape index (κ3) is 3.77. The molecule has 4 fully saturated rings. The van der Waals surface area contributed by atoms with Crippen molar-refractivity contribution >= 4 is 23.3 Å². The van der Waals surface area contributed by atoms with Gasteiger partial charge in [0, 0.05) is 23.7 Å². The fourth-order valence-electron chi connectivity index (χ4n) is 5.70. The van der Waals surface area contributed by atoms with Gasteiger partial charge in [-0.05, 0) is 38.2 Å². The molecule has 0 saturated heterocycles. The number of nitrogens with zero attached hydrogens (tertiary/aromatic N) is 3. The van der Waals surface area contributed by atoms with Crippen molar-refractivity contribution in [3.63, 3.8) is 0 Å². The first-order chi connectivity index (χ1) is 16.4. The second-order valence-electron chi connectivity index (χ2n) is 9.96. The number of amides is 1. The minimum atomic E-state index is -4.64. The summed E-state index contributed by atoms with van der Waals surface area (Å²) in [5.74, 6) is -1.67. The SMILES string of the molecule is O=C1C[C@H](C(=O)NC23CC(n4cc(C5CC(OC(F)(F)F)C5)nn4)(C2)C3)Oc2cc(F)c(Cl)cc21. The molecule has 7 rings (SSSR count). The van der Waals surface area contributed by atoms with Gasteiger partial charge in [-0.2, -0.15) is 0 Å². The number of fused-ring (bicyclic) bond motifs is 1. The van der Waals surface area contributed by atoms with Crippen LogP contribution in [-0.4, -0.2) is 50.8 Å². The first-order valence-corrected chi connectivity index (χ1v) is 11.5. The highest BCUT2D eigenvalue weighted by atomic mass is 35.5. The van der Waals surface area contributed by atoms with Gasteiger partial charge in [0.15, 0.2) is 11.9 Å². The van der Waals surface area contributed by atoms with Crippen molar-refractivity contribution in [2.45, 2.75) is 74.1 Å². The maximum Gasteiger partial charge on any atom is 0.522 e. The van der Waals surface area contributed by atoms with Crippen LogP contribution < -0.4 is 10.1 Å². The topological polar surface area (TPSA) is 95.3 Å². The van der Waals surface area contributed by atoms with Crippen LogP contribution in [0.3, 0.4) is 0 Å². The highest BCUT2D eigenvalue weighted by molar-refractivity contribution is 6.31. The zero-order chi connectivity index (χ0) is 24.8. The first kappa shape index (κ1) is 22.7. The quantitative estimate of drug-likeness (QED) is 0.612. The summed E-state index contributed by atoms with van der Waals surface area (Å²) in [5.41, 5.74) is 0.0490. The standard InChI is InChI=1S/C22H19ClF4N4O4/c23-13-3-12-16(32)5-18(34-17(12)4-14(13)24)19(33)28-20-7-21(8-20,9-20)31-6-15(29-30-31)10-1-11(2-10)35-22(25,26)27/h3-4,6,10-11,18H,1-2,5,7-9H2,(H,28,33)/t10?,11?,18-,20?,21?/m1/s1. The number of carbonyl (C=O) groups is 2. The molecule has 5 aliphatic rings. The molecule has 186 valence electrons. The number of aromatic nitrogens is 3. The lowest BCUT2D eigenvalue weighted by atomic mass is 9.44. The fourth-order valence-corrected chi connectivity index (χ4v) is 5.87. The molecule has 4 saturated carbocycles. The van der Waals surface area contributed by atoms with Gasteiger partial charge in [-0.25, -0.2) is 9.07 Å². The molecule has 8 nitrogen and oxygen atoms in total. The summed E-state index contributed by atoms with van der Waals surface area (Å²) >= 11 is 5.73. The van der Waals surface area contributed by atoms with Gasteiger partial charge in [-0.15, -0.1) is 18.3 Å². The molecule has 0 radical (unpaired) electrons. The van der Waals surface area contributed by atoms with Crippen molar-refractivity contribution in [3.05, 3.63) is 40.4 Å². The zero-order valence-electron chi connectivity index (χ0n) is 18.1. The van der Waals surface area contributed by atoms with Gasteiger partial charge >= 0.3 is 6.36 Å². The summed E-state index contributed by atoms with van der Waals surface area (Å²) in [6.45, 7) is 0. The monoisotopic (exact) mass is 514 g/mol. The van der Waals surface area contributed by atoms with E-state index in [-0.39, 0.29) is 52.8 Å². The molecule has 1 aromatic heterocycles. The minimum absolute atomic E-state index is 0.00798. The average molecular weight is 515 g/mol. The molecular weight excluding hydrogens is 496 g/mol. The molecular formula is C22H19ClF4N4O4. The number of carbonyl (C=O) groups excluding carboxylic acids is 2. The van der Waals surface area contributed by atoms with Crippen LogP contribution in [0.4, 0.5) is 17.6 Å². The molecule has 2 bridgehead atoms. The number of ketones is 1. The predicted molar refractivity (Wildman–Crippen MR) is 110 cm³/mol. The molecule has 1 N–H and O–H groups in total. The second-order valence-corrected chi connectivity index (χ2v) is 10.4. The van der Waals surface area contributed by atoms with Crippen LogP contribution in [0.25, 0.3) is 0 Å². The highest BCUT2D eigenvalue weighted by Gasteiger charge is 2.70. The Bertz CT molecular complexity index is 1220. The van der Waals surface area contributed by atoms with Gasteiger partial charge < -0.3 is 10.1 Å². The van der Waals surface area contributed by atoms with E-state index in [1.807, 2.05) is 0 Å². The maximum atomic E-state index is 13.8. The van der Waals surface area contributed by atoms with Gasteiger partial charge in [0.05, 0.1) is 34.3 Å². The molecule has 0 spiro atoms. The Morgan fingerprint density at radius 3 is 2.66 bits per heavy atom. The van der Waals surface area contributed by atoms with Crippen LogP contribution in [-0.2, 0) is 15.1 Å². The molecule has 2 aromatic rings. The molecule has 2 heterocycles. The zero-order valence-corrected chi connectivity index (χ0v) is 18.8. The number of nitrogens with one attached hydrogen (secondary N) is 1. The third-order valence-corrected chi connectivity index (χ3v) is 7.75. The maximum absolute atomic E-state index is 13.8. The predicted octanol–water partition coefficient (Wildman–Crippen LogP) is 3.63. The van der Waals surface area contributed by atoms with Crippen molar-refractivity contribution < 1.29 is 36.6 Å². The van der Waals surface area contributed by atoms with Crippen molar-refractivity contribution in [1.82, 2.24) is 20.3 Å². The number of Topliss-reactive ketones (excluding diaryl/α,β-unsaturated/α-hetero) is 1. The van der Waals surface area contributed by atoms with Gasteiger partial charge in [0.2, 0.25) is 0 Å². The number of ether oxygens (including phenoxy) is 2. The summed E-state index contributed by atoms with van der Waals surface area (Å²) < 4.78 is 62.1. The van der Waals surface area contributed by atoms with Crippen LogP contribution in [0.5, 0.6) is 5.75 Å². The van der Waals surface area contributed by atoms with Crippen molar-refractivity contribution in [2.75, 3.05) is 0 Å². The van der Waals surface area contributed by atoms with Crippen molar-refractivity contribution in [3.8, 4) is 5.75 Å². The second kappa shape index (κ2) is 7.39. The molecule has 35 heavy (non-hydrogen) atoms. The number of alkyl halides is 3. The Morgan fingerprint density at radius 2 is 1.97 bits per heavy atom. The Labute approximate surface area is 200 Å². The molecule has 1 amide bonds. The lowest BCUT2D eigenvalue weighted by Gasteiger charge is -2.69. The van der Waals surface area contributed by atoms with E-state index in [2.05, 4.69) is 20.4 Å². The van der Waals surface area contributed by atoms with E-state index < -0.39 is 35.8 Å². The van der Waals surface area contributed by atoms with Crippen molar-refractivity contribution in [2.24, 2.45) is 0 Å². The number of benzene rings is 1. The van der Waals surface area contributed by atoms with Crippen LogP contribution in [0.1, 0.15) is 60.5 Å². The largest absolute Gasteiger partial charge is 0.522 e. The van der Waals surface area contributed by atoms with E-state index in [1.54, 1.807) is 10.9 Å². The molecule has 1 aromatic carbocycles. The van der Waals surface area contributed by atoms with E-state index in [9.17, 15) is 27.2 Å². The Hall–Kier alpha value is -2.73. The van der Waals surface area contributed by atoms with Gasteiger partial charge in [-0.1, -0.05) is 16.8 Å². The lowest BCUT2D eigenvalue weighted by Crippen LogP contribution is -2.79. The smallest absolute Gasteiger partial charge is 0.479 e. The third-order valence-electron chi connectivity index (χ3n) is 7.46. The Morgan fingerprint density at radius 1 is 1.26 bits per heavy atom. The van der Waals surface area contributed by atoms with Crippen LogP contribution in [0.15, 0.2) is 18.3 Å². The summed E-state index contributed by atoms with van der Waals surface area (Å²) in [7, 11) is 0. The summed E-state index contributed by atoms with van der Waals surface area (Å²) in [6.07, 6.45) is -2.65. The highest BCUT2D eigenvalue weighted by Crippen LogP contribution is 2.65. The lowest BCUT2D eigenvalue weighted by molar-refractivity contribution is -0.351. The number of halogens is 5. The van der Waals surface area contributed by atoms with Crippen LogP contribution >= 0.6 is 11.6 Å². The first-order valence-electron chi connectivity index (χ1n) is 11.1. The Kier molecular flexibility index (Phi) is 4.80. The molecule has 1 atom stereocenters. The number of hydrogen-bond donors (Lipinski definition) is 1. The average Bonchev–Trinajstić information content (AvgIpc) is 3.15. The van der Waals surface area contributed by atoms with Crippen LogP contribution in [0.2, 0.25) is 5.02 Å². The van der Waals surface area contributed by atoms with E-state index in [0.717, 1.165) is 6.07 Å². The number of hydrogen-bond acceptors (Lipinski definition) is 6. The van der Waals surface area contributed by atoms with E-state index in [1.165, 1.54) is 6.07 Å². The minimum Gasteiger partial charge on any atom is -0.479 e. The normalized spacial score (nSPS) is 33.1. The summed E-state index contributed by atoms with van der Waals surface area (Å²) in [4.78, 5) is 25.2. The van der Waals surface area contributed by atoms with Gasteiger partial charge in [0.1, 0.15) is 11.6 Å². The van der Waals surface area contributed by atoms with Gasteiger partial charge in [-0.3, -0.25) is 14.3 Å². The van der Waals surface area contributed by atoms with Crippen LogP contribution in [0, 0.1) is 5.82 Å². The summed E-state index contributed by atoms with van der Waals surface area (Å²) in [5, 5.41) is 11.1. The van der Waals surface area contributed by atoms with Crippen molar-refractivity contribution in [1.29, 1.82) is 0 Å². The summed E-state index contributed by atoms with van der Waals surface area (Å²) in [6, 6.07) is 2.21. The molecule has 0 unspecified atom stereocenters. The van der Waals surface area contributed by atoms with E-state index in [4.69, 9.17) is 16.3 Å². The van der Waals surface area contributed by atoms with E-state index >= 15 is 0 Å². The molecule has 1 aliphatic heterocycles. The van der Waals surface area contributed by atoms with E-state index in [0.29, 0.717) is 25.0 Å².